The van der Waals surface area contributed by atoms with Gasteiger partial charge >= 0.3 is 0 Å². The van der Waals surface area contributed by atoms with Crippen LogP contribution >= 0.6 is 18.7 Å². The van der Waals surface area contributed by atoms with Crippen LogP contribution in [0.15, 0.2) is 66.9 Å². The van der Waals surface area contributed by atoms with Crippen molar-refractivity contribution in [1.29, 1.82) is 0 Å². The van der Waals surface area contributed by atoms with Gasteiger partial charge in [0.1, 0.15) is 24.0 Å². The minimum atomic E-state index is -2.58. The number of nitrogens with one attached hydrogen (secondary N) is 4. The summed E-state index contributed by atoms with van der Waals surface area (Å²) in [6.07, 6.45) is 3.38. The highest BCUT2D eigenvalue weighted by Gasteiger charge is 2.45. The maximum atomic E-state index is 13.4. The molecule has 1 unspecified atom stereocenters. The Balaban J connectivity index is 0.931. The zero-order valence-electron chi connectivity index (χ0n) is 31.6. The van der Waals surface area contributed by atoms with Crippen molar-refractivity contribution in [3.63, 3.8) is 0 Å². The molecule has 0 aliphatic carbocycles. The first-order valence-electron chi connectivity index (χ1n) is 18.6. The van der Waals surface area contributed by atoms with Crippen LogP contribution in [0.4, 0.5) is 28.8 Å². The molecule has 0 radical (unpaired) electrons. The number of fused-ring (bicyclic) bond motifs is 1. The Morgan fingerprint density at radius 1 is 0.965 bits per heavy atom. The van der Waals surface area contributed by atoms with Crippen LogP contribution in [0.2, 0.25) is 5.02 Å². The summed E-state index contributed by atoms with van der Waals surface area (Å²) >= 11 is 6.44. The Labute approximate surface area is 334 Å². The van der Waals surface area contributed by atoms with Crippen molar-refractivity contribution in [2.45, 2.75) is 50.6 Å². The molecule has 1 aromatic heterocycles. The first-order valence-corrected chi connectivity index (χ1v) is 21.6. The summed E-state index contributed by atoms with van der Waals surface area (Å²) in [6, 6.07) is 16.9. The van der Waals surface area contributed by atoms with Gasteiger partial charge in [-0.05, 0) is 74.9 Å². The van der Waals surface area contributed by atoms with Crippen LogP contribution in [0.3, 0.4) is 0 Å². The summed E-state index contributed by atoms with van der Waals surface area (Å²) < 4.78 is 18.6. The van der Waals surface area contributed by atoms with E-state index in [1.54, 1.807) is 38.6 Å². The van der Waals surface area contributed by atoms with Crippen molar-refractivity contribution in [3.8, 4) is 5.75 Å². The number of aromatic nitrogens is 2. The van der Waals surface area contributed by atoms with Crippen LogP contribution in [0, 0.1) is 0 Å². The molecule has 0 saturated carbocycles. The number of hydrogen-bond donors (Lipinski definition) is 4. The lowest BCUT2D eigenvalue weighted by molar-refractivity contribution is -0.136. The Kier molecular flexibility index (Phi) is 11.3. The number of amides is 5. The number of nitrogens with zero attached hydrogens (tertiary/aromatic N) is 4. The van der Waals surface area contributed by atoms with E-state index in [9.17, 15) is 28.5 Å². The molecule has 4 heterocycles. The van der Waals surface area contributed by atoms with Gasteiger partial charge in [-0.3, -0.25) is 34.2 Å². The number of methoxy groups -OCH3 is 1. The van der Waals surface area contributed by atoms with Crippen molar-refractivity contribution in [1.82, 2.24) is 25.5 Å². The fourth-order valence-corrected chi connectivity index (χ4v) is 8.71. The summed E-state index contributed by atoms with van der Waals surface area (Å²) in [6.45, 7) is 4.80. The lowest BCUT2D eigenvalue weighted by Crippen LogP contribution is -2.54. The van der Waals surface area contributed by atoms with Gasteiger partial charge in [0.05, 0.1) is 35.8 Å². The monoisotopic (exact) mass is 812 g/mol. The minimum Gasteiger partial charge on any atom is -0.494 e. The van der Waals surface area contributed by atoms with Crippen LogP contribution in [-0.2, 0) is 25.4 Å². The molecule has 15 nitrogen and oxygen atoms in total. The zero-order valence-corrected chi connectivity index (χ0v) is 33.3. The number of rotatable bonds is 12. The standard InChI is InChI=1S/C40H42ClN8O7P/c1-56-31-21-25(12-13-28(31)45-40-42-22-27(41)36(47-40)44-29-9-4-5-10-32(29)57(2,3)55)48-19-17-24(18-20-48)43-33(50)15-11-23-7-6-8-26-35(23)39(54)49(38(26)53)30-14-16-34(51)46-37(30)52/h4-10,12-13,21-22,24,30H,11,14-20H2,1-3H3,(H,43,50)(H,46,51,52)(H2,42,44,45,47). The number of ether oxygens (including phenoxy) is 1. The predicted molar refractivity (Wildman–Crippen MR) is 217 cm³/mol. The average Bonchev–Trinajstić information content (AvgIpc) is 3.44. The molecule has 2 fully saturated rings. The average molecular weight is 813 g/mol. The van der Waals surface area contributed by atoms with Gasteiger partial charge in [-0.25, -0.2) is 4.98 Å². The lowest BCUT2D eigenvalue weighted by atomic mass is 9.98. The van der Waals surface area contributed by atoms with Gasteiger partial charge in [0.25, 0.3) is 11.8 Å². The molecule has 0 bridgehead atoms. The first kappa shape index (κ1) is 39.4. The van der Waals surface area contributed by atoms with Gasteiger partial charge in [0.15, 0.2) is 5.82 Å². The molecule has 296 valence electrons. The second-order valence-corrected chi connectivity index (χ2v) is 18.1. The molecular weight excluding hydrogens is 771 g/mol. The molecule has 0 spiro atoms. The number of halogens is 1. The summed E-state index contributed by atoms with van der Waals surface area (Å²) in [5.41, 5.74) is 3.20. The topological polar surface area (TPSA) is 192 Å². The molecule has 3 aromatic carbocycles. The van der Waals surface area contributed by atoms with Crippen molar-refractivity contribution in [2.75, 3.05) is 49.1 Å². The minimum absolute atomic E-state index is 0.0386. The molecular formula is C40H42ClN8O7P. The molecule has 57 heavy (non-hydrogen) atoms. The van der Waals surface area contributed by atoms with Crippen LogP contribution < -0.4 is 36.2 Å². The number of hydrogen-bond acceptors (Lipinski definition) is 12. The van der Waals surface area contributed by atoms with E-state index in [2.05, 4.69) is 36.1 Å². The molecule has 17 heteroatoms. The zero-order chi connectivity index (χ0) is 40.4. The van der Waals surface area contributed by atoms with Gasteiger partial charge in [-0.15, -0.1) is 0 Å². The molecule has 3 aliphatic rings. The van der Waals surface area contributed by atoms with Crippen LogP contribution in [0.1, 0.15) is 58.4 Å². The van der Waals surface area contributed by atoms with Gasteiger partial charge in [0.2, 0.25) is 23.7 Å². The van der Waals surface area contributed by atoms with Gasteiger partial charge in [0, 0.05) is 49.0 Å². The number of anilines is 5. The van der Waals surface area contributed by atoms with E-state index in [0.29, 0.717) is 64.8 Å². The molecule has 7 rings (SSSR count). The molecule has 1 atom stereocenters. The van der Waals surface area contributed by atoms with E-state index in [0.717, 1.165) is 10.6 Å². The number of benzene rings is 3. The van der Waals surface area contributed by atoms with Gasteiger partial charge < -0.3 is 30.2 Å². The molecule has 5 amide bonds. The Morgan fingerprint density at radius 3 is 2.47 bits per heavy atom. The predicted octanol–water partition coefficient (Wildman–Crippen LogP) is 4.99. The highest BCUT2D eigenvalue weighted by atomic mass is 35.5. The normalized spacial score (nSPS) is 17.3. The highest BCUT2D eigenvalue weighted by molar-refractivity contribution is 7.70. The van der Waals surface area contributed by atoms with Crippen LogP contribution in [0.25, 0.3) is 0 Å². The van der Waals surface area contributed by atoms with E-state index in [-0.39, 0.29) is 54.7 Å². The number of carbonyl (C=O) groups excluding carboxylic acids is 5. The number of imide groups is 2. The largest absolute Gasteiger partial charge is 0.494 e. The third-order valence-corrected chi connectivity index (χ3v) is 12.1. The number of piperidine rings is 2. The summed E-state index contributed by atoms with van der Waals surface area (Å²) in [4.78, 5) is 75.9. The summed E-state index contributed by atoms with van der Waals surface area (Å²) in [5.74, 6) is -1.21. The van der Waals surface area contributed by atoms with Crippen molar-refractivity contribution >= 4 is 82.4 Å². The lowest BCUT2D eigenvalue weighted by Gasteiger charge is -2.34. The SMILES string of the molecule is COc1cc(N2CCC(NC(=O)CCc3cccc4c3C(=O)N(C3CCC(=O)NC3=O)C4=O)CC2)ccc1Nc1ncc(Cl)c(Nc2ccccc2P(C)(C)=O)n1. The van der Waals surface area contributed by atoms with E-state index >= 15 is 0 Å². The van der Waals surface area contributed by atoms with Crippen molar-refractivity contribution < 1.29 is 33.3 Å². The maximum absolute atomic E-state index is 13.4. The second kappa shape index (κ2) is 16.4. The smallest absolute Gasteiger partial charge is 0.262 e. The molecule has 2 saturated heterocycles. The third kappa shape index (κ3) is 8.49. The van der Waals surface area contributed by atoms with E-state index in [1.165, 1.54) is 6.20 Å². The molecule has 3 aliphatic heterocycles. The van der Waals surface area contributed by atoms with Crippen molar-refractivity contribution in [3.05, 3.63) is 88.6 Å². The van der Waals surface area contributed by atoms with Crippen molar-refractivity contribution in [2.24, 2.45) is 0 Å². The van der Waals surface area contributed by atoms with Gasteiger partial charge in [-0.2, -0.15) is 4.98 Å². The molecule has 4 aromatic rings. The van der Waals surface area contributed by atoms with Gasteiger partial charge in [-0.1, -0.05) is 35.9 Å². The fraction of sp³-hybridized carbons (Fsp3) is 0.325. The number of para-hydroxylation sites is 1. The van der Waals surface area contributed by atoms with E-state index in [1.807, 2.05) is 42.5 Å². The summed E-state index contributed by atoms with van der Waals surface area (Å²) in [7, 11) is -0.995. The Hall–Kier alpha value is -5.79. The number of aryl methyl sites for hydroxylation is 1. The molecule has 4 N–H and O–H groups in total. The Morgan fingerprint density at radius 2 is 1.74 bits per heavy atom. The summed E-state index contributed by atoms with van der Waals surface area (Å²) in [5, 5.41) is 12.7. The first-order chi connectivity index (χ1) is 27.3. The third-order valence-electron chi connectivity index (χ3n) is 10.3. The number of carbonyl (C=O) groups is 5. The van der Waals surface area contributed by atoms with E-state index < -0.39 is 36.8 Å². The highest BCUT2D eigenvalue weighted by Crippen LogP contribution is 2.39. The maximum Gasteiger partial charge on any atom is 0.262 e. The fourth-order valence-electron chi connectivity index (χ4n) is 7.42. The second-order valence-electron chi connectivity index (χ2n) is 14.5. The van der Waals surface area contributed by atoms with Crippen LogP contribution in [0.5, 0.6) is 5.75 Å². The Bertz CT molecular complexity index is 2330. The van der Waals surface area contributed by atoms with Crippen LogP contribution in [-0.4, -0.2) is 90.0 Å². The quantitative estimate of drug-likeness (QED) is 0.111. The van der Waals surface area contributed by atoms with E-state index in [4.69, 9.17) is 16.3 Å².